The predicted molar refractivity (Wildman–Crippen MR) is 101 cm³/mol. The van der Waals surface area contributed by atoms with Crippen molar-refractivity contribution in [3.05, 3.63) is 72.4 Å². The molecule has 8 heteroatoms. The average molecular weight is 389 g/mol. The highest BCUT2D eigenvalue weighted by atomic mass is 35.5. The van der Waals surface area contributed by atoms with Crippen molar-refractivity contribution >= 4 is 38.9 Å². The fraction of sp³-hybridized carbons (Fsp3) is 0.167. The van der Waals surface area contributed by atoms with Gasteiger partial charge in [0.2, 0.25) is 0 Å². The second kappa shape index (κ2) is 6.26. The third-order valence-corrected chi connectivity index (χ3v) is 5.25. The largest absolute Gasteiger partial charge is 0.486 e. The van der Waals surface area contributed by atoms with Gasteiger partial charge in [-0.1, -0.05) is 11.6 Å². The van der Waals surface area contributed by atoms with Gasteiger partial charge in [-0.25, -0.2) is 9.78 Å². The molecule has 0 aliphatic heterocycles. The van der Waals surface area contributed by atoms with Gasteiger partial charge in [-0.3, -0.25) is 9.20 Å². The van der Waals surface area contributed by atoms with E-state index < -0.39 is 5.63 Å². The molecule has 0 aliphatic carbocycles. The number of hydrogen-bond donors (Lipinski definition) is 0. The van der Waals surface area contributed by atoms with E-state index >= 15 is 0 Å². The van der Waals surface area contributed by atoms with Gasteiger partial charge in [-0.05, 0) is 25.5 Å². The van der Waals surface area contributed by atoms with Gasteiger partial charge in [0.1, 0.15) is 17.9 Å². The molecule has 26 heavy (non-hydrogen) atoms. The minimum atomic E-state index is -0.434. The van der Waals surface area contributed by atoms with Crippen LogP contribution in [0.5, 0.6) is 5.75 Å². The van der Waals surface area contributed by atoms with Crippen molar-refractivity contribution in [2.75, 3.05) is 0 Å². The van der Waals surface area contributed by atoms with Gasteiger partial charge in [0.05, 0.1) is 10.7 Å². The molecule has 4 aromatic rings. The lowest BCUT2D eigenvalue weighted by Gasteiger charge is -2.09. The summed E-state index contributed by atoms with van der Waals surface area (Å²) < 4.78 is 12.5. The monoisotopic (exact) mass is 388 g/mol. The van der Waals surface area contributed by atoms with E-state index in [-0.39, 0.29) is 12.2 Å². The fourth-order valence-electron chi connectivity index (χ4n) is 2.76. The van der Waals surface area contributed by atoms with Gasteiger partial charge in [0.15, 0.2) is 4.96 Å². The normalized spacial score (nSPS) is 11.3. The summed E-state index contributed by atoms with van der Waals surface area (Å²) in [6.45, 7) is 3.74. The summed E-state index contributed by atoms with van der Waals surface area (Å²) in [5.41, 5.74) is 1.93. The van der Waals surface area contributed by atoms with E-state index in [0.717, 1.165) is 16.6 Å². The van der Waals surface area contributed by atoms with Crippen LogP contribution in [-0.2, 0) is 6.61 Å². The van der Waals surface area contributed by atoms with Gasteiger partial charge in [0.25, 0.3) is 5.56 Å². The Kier molecular flexibility index (Phi) is 4.05. The number of fused-ring (bicyclic) bond motifs is 2. The molecule has 6 nitrogen and oxygen atoms in total. The van der Waals surface area contributed by atoms with E-state index in [2.05, 4.69) is 4.98 Å². The number of ether oxygens (including phenoxy) is 1. The first-order chi connectivity index (χ1) is 12.4. The third kappa shape index (κ3) is 2.89. The molecular weight excluding hydrogens is 376 g/mol. The Morgan fingerprint density at radius 1 is 1.23 bits per heavy atom. The van der Waals surface area contributed by atoms with Crippen LogP contribution in [0.2, 0.25) is 5.02 Å². The summed E-state index contributed by atoms with van der Waals surface area (Å²) in [5.74, 6) is 0.359. The highest BCUT2D eigenvalue weighted by molar-refractivity contribution is 7.15. The van der Waals surface area contributed by atoms with E-state index in [1.807, 2.05) is 19.2 Å². The molecule has 0 fully saturated rings. The minimum absolute atomic E-state index is 0.0734. The molecule has 0 spiro atoms. The zero-order valence-corrected chi connectivity index (χ0v) is 15.5. The molecular formula is C18H13ClN2O4S. The molecule has 3 aromatic heterocycles. The molecule has 0 radical (unpaired) electrons. The van der Waals surface area contributed by atoms with Crippen molar-refractivity contribution < 1.29 is 9.15 Å². The van der Waals surface area contributed by atoms with Crippen LogP contribution in [0.4, 0.5) is 0 Å². The molecule has 0 unspecified atom stereocenters. The van der Waals surface area contributed by atoms with Crippen LogP contribution >= 0.6 is 22.9 Å². The molecule has 0 saturated carbocycles. The number of halogens is 1. The summed E-state index contributed by atoms with van der Waals surface area (Å²) in [5, 5.41) is 3.01. The van der Waals surface area contributed by atoms with Gasteiger partial charge >= 0.3 is 5.63 Å². The molecule has 0 saturated heterocycles. The Balaban J connectivity index is 1.68. The van der Waals surface area contributed by atoms with Crippen molar-refractivity contribution in [2.24, 2.45) is 0 Å². The first-order valence-corrected chi connectivity index (χ1v) is 9.02. The van der Waals surface area contributed by atoms with Crippen LogP contribution in [0.3, 0.4) is 0 Å². The molecule has 0 bridgehead atoms. The van der Waals surface area contributed by atoms with Crippen LogP contribution in [0.1, 0.15) is 17.0 Å². The molecule has 0 N–H and O–H groups in total. The molecule has 1 aromatic carbocycles. The van der Waals surface area contributed by atoms with E-state index in [9.17, 15) is 9.59 Å². The van der Waals surface area contributed by atoms with E-state index in [4.69, 9.17) is 20.8 Å². The highest BCUT2D eigenvalue weighted by Crippen LogP contribution is 2.31. The Bertz CT molecular complexity index is 1270. The Morgan fingerprint density at radius 2 is 2.04 bits per heavy atom. The summed E-state index contributed by atoms with van der Waals surface area (Å²) >= 11 is 7.67. The Morgan fingerprint density at radius 3 is 2.85 bits per heavy atom. The smallest absolute Gasteiger partial charge is 0.336 e. The van der Waals surface area contributed by atoms with Gasteiger partial charge < -0.3 is 9.15 Å². The highest BCUT2D eigenvalue weighted by Gasteiger charge is 2.11. The second-order valence-corrected chi connectivity index (χ2v) is 7.14. The van der Waals surface area contributed by atoms with Gasteiger partial charge in [-0.15, -0.1) is 11.3 Å². The zero-order valence-electron chi connectivity index (χ0n) is 13.9. The molecule has 132 valence electrons. The molecule has 4 rings (SSSR count). The Hall–Kier alpha value is -2.64. The van der Waals surface area contributed by atoms with Crippen molar-refractivity contribution in [1.82, 2.24) is 9.38 Å². The maximum atomic E-state index is 12.2. The number of aryl methyl sites for hydroxylation is 2. The summed E-state index contributed by atoms with van der Waals surface area (Å²) in [6.07, 6.45) is 0. The summed E-state index contributed by atoms with van der Waals surface area (Å²) in [4.78, 5) is 28.8. The maximum Gasteiger partial charge on any atom is 0.336 e. The first kappa shape index (κ1) is 16.8. The number of rotatable bonds is 3. The van der Waals surface area contributed by atoms with Crippen molar-refractivity contribution in [1.29, 1.82) is 0 Å². The lowest BCUT2D eigenvalue weighted by molar-refractivity contribution is 0.301. The van der Waals surface area contributed by atoms with E-state index in [1.165, 1.54) is 23.5 Å². The number of nitrogens with zero attached hydrogens (tertiary/aromatic N) is 2. The molecule has 0 amide bonds. The molecule has 0 atom stereocenters. The number of thiazole rings is 1. The minimum Gasteiger partial charge on any atom is -0.486 e. The van der Waals surface area contributed by atoms with Crippen LogP contribution < -0.4 is 15.9 Å². The predicted octanol–water partition coefficient (Wildman–Crippen LogP) is 3.71. The summed E-state index contributed by atoms with van der Waals surface area (Å²) in [6, 6.07) is 6.12. The van der Waals surface area contributed by atoms with Gasteiger partial charge in [-0.2, -0.15) is 0 Å². The van der Waals surface area contributed by atoms with E-state index in [1.54, 1.807) is 16.5 Å². The second-order valence-electron chi connectivity index (χ2n) is 5.90. The van der Waals surface area contributed by atoms with Crippen molar-refractivity contribution in [3.63, 3.8) is 0 Å². The Labute approximate surface area is 156 Å². The topological polar surface area (TPSA) is 73.8 Å². The third-order valence-electron chi connectivity index (χ3n) is 4.01. The average Bonchev–Trinajstić information content (AvgIpc) is 2.95. The van der Waals surface area contributed by atoms with Crippen molar-refractivity contribution in [3.8, 4) is 5.75 Å². The van der Waals surface area contributed by atoms with Crippen LogP contribution in [0.15, 0.2) is 43.7 Å². The van der Waals surface area contributed by atoms with Crippen molar-refractivity contribution in [2.45, 2.75) is 20.5 Å². The van der Waals surface area contributed by atoms with Crippen LogP contribution in [0, 0.1) is 13.8 Å². The number of benzene rings is 1. The SMILES string of the molecule is Cc1cc(=O)oc2cc(OCc3cc(=O)n4c(C)csc4n3)c(Cl)cc12. The lowest BCUT2D eigenvalue weighted by atomic mass is 10.1. The zero-order chi connectivity index (χ0) is 18.4. The fourth-order valence-corrected chi connectivity index (χ4v) is 3.87. The van der Waals surface area contributed by atoms with Gasteiger partial charge in [0, 0.05) is 34.7 Å². The standard InChI is InChI=1S/C18H13ClN2O4S/c1-9-3-17(23)25-14-6-15(13(19)5-12(9)14)24-7-11-4-16(22)21-10(2)8-26-18(21)20-11/h3-6,8H,7H2,1-2H3. The molecule has 3 heterocycles. The van der Waals surface area contributed by atoms with Crippen LogP contribution in [-0.4, -0.2) is 9.38 Å². The molecule has 0 aliphatic rings. The van der Waals surface area contributed by atoms with Crippen LogP contribution in [0.25, 0.3) is 15.9 Å². The first-order valence-electron chi connectivity index (χ1n) is 7.76. The van der Waals surface area contributed by atoms with E-state index in [0.29, 0.717) is 27.0 Å². The summed E-state index contributed by atoms with van der Waals surface area (Å²) in [7, 11) is 0. The maximum absolute atomic E-state index is 12.2. The number of hydrogen-bond acceptors (Lipinski definition) is 6. The lowest BCUT2D eigenvalue weighted by Crippen LogP contribution is -2.16. The quantitative estimate of drug-likeness (QED) is 0.500. The number of aromatic nitrogens is 2.